The predicted octanol–water partition coefficient (Wildman–Crippen LogP) is 5.48. The fraction of sp³-hybridized carbons (Fsp3) is 0.200. The highest BCUT2D eigenvalue weighted by molar-refractivity contribution is 6.30. The molecule has 0 amide bonds. The van der Waals surface area contributed by atoms with Crippen LogP contribution in [0.2, 0.25) is 10.0 Å². The molecular weight excluding hydrogens is 371 g/mol. The van der Waals surface area contributed by atoms with E-state index in [1.165, 1.54) is 0 Å². The van der Waals surface area contributed by atoms with Gasteiger partial charge in [0.2, 0.25) is 0 Å². The summed E-state index contributed by atoms with van der Waals surface area (Å²) in [5.74, 6) is -0.238. The van der Waals surface area contributed by atoms with E-state index in [1.54, 1.807) is 6.92 Å². The molecular formula is C20H18Cl2N2O2. The van der Waals surface area contributed by atoms with E-state index < -0.39 is 0 Å². The van der Waals surface area contributed by atoms with Crippen molar-refractivity contribution in [1.29, 1.82) is 0 Å². The van der Waals surface area contributed by atoms with E-state index in [0.717, 1.165) is 22.5 Å². The summed E-state index contributed by atoms with van der Waals surface area (Å²) in [6.07, 6.45) is 0.260. The Hall–Kier alpha value is -2.30. The number of hydrogen-bond donors (Lipinski definition) is 0. The third kappa shape index (κ3) is 4.45. The van der Waals surface area contributed by atoms with Crippen molar-refractivity contribution in [2.45, 2.75) is 19.9 Å². The van der Waals surface area contributed by atoms with E-state index in [4.69, 9.17) is 27.9 Å². The summed E-state index contributed by atoms with van der Waals surface area (Å²) in [6.45, 7) is 2.60. The standard InChI is InChI=1S/C20H18Cl2N2O2/c1-2-26-20(25)11-12-24-19(15-5-9-17(22)10-6-15)13-18(23-24)14-3-7-16(21)8-4-14/h3-10,13H,2,11-12H2,1H3. The van der Waals surface area contributed by atoms with Gasteiger partial charge in [-0.2, -0.15) is 5.10 Å². The predicted molar refractivity (Wildman–Crippen MR) is 104 cm³/mol. The molecule has 1 aromatic heterocycles. The van der Waals surface area contributed by atoms with Crippen molar-refractivity contribution >= 4 is 29.2 Å². The van der Waals surface area contributed by atoms with Crippen molar-refractivity contribution in [1.82, 2.24) is 9.78 Å². The van der Waals surface area contributed by atoms with Gasteiger partial charge in [-0.05, 0) is 42.8 Å². The Bertz CT molecular complexity index is 887. The van der Waals surface area contributed by atoms with E-state index in [2.05, 4.69) is 5.10 Å². The molecule has 0 spiro atoms. The highest BCUT2D eigenvalue weighted by Gasteiger charge is 2.13. The first-order chi connectivity index (χ1) is 12.6. The Balaban J connectivity index is 1.95. The molecule has 3 aromatic rings. The number of halogens is 2. The van der Waals surface area contributed by atoms with Crippen molar-refractivity contribution in [3.8, 4) is 22.5 Å². The summed E-state index contributed by atoms with van der Waals surface area (Å²) in [4.78, 5) is 11.7. The summed E-state index contributed by atoms with van der Waals surface area (Å²) in [7, 11) is 0. The fourth-order valence-corrected chi connectivity index (χ4v) is 2.88. The van der Waals surface area contributed by atoms with Crippen LogP contribution in [0.5, 0.6) is 0 Å². The Kier molecular flexibility index (Phi) is 5.96. The first kappa shape index (κ1) is 18.5. The molecule has 0 saturated carbocycles. The molecule has 2 aromatic carbocycles. The van der Waals surface area contributed by atoms with Gasteiger partial charge in [-0.25, -0.2) is 0 Å². The lowest BCUT2D eigenvalue weighted by atomic mass is 10.1. The lowest BCUT2D eigenvalue weighted by Gasteiger charge is -2.07. The van der Waals surface area contributed by atoms with Gasteiger partial charge in [0.15, 0.2) is 0 Å². The molecule has 1 heterocycles. The number of ether oxygens (including phenoxy) is 1. The third-order valence-corrected chi connectivity index (χ3v) is 4.40. The fourth-order valence-electron chi connectivity index (χ4n) is 2.63. The van der Waals surface area contributed by atoms with Crippen LogP contribution in [0.15, 0.2) is 54.6 Å². The topological polar surface area (TPSA) is 44.1 Å². The lowest BCUT2D eigenvalue weighted by Crippen LogP contribution is -2.10. The van der Waals surface area contributed by atoms with Crippen LogP contribution < -0.4 is 0 Å². The molecule has 26 heavy (non-hydrogen) atoms. The number of esters is 1. The number of carbonyl (C=O) groups excluding carboxylic acids is 1. The minimum Gasteiger partial charge on any atom is -0.466 e. The molecule has 0 atom stereocenters. The highest BCUT2D eigenvalue weighted by Crippen LogP contribution is 2.28. The largest absolute Gasteiger partial charge is 0.466 e. The lowest BCUT2D eigenvalue weighted by molar-refractivity contribution is -0.143. The van der Waals surface area contributed by atoms with Gasteiger partial charge >= 0.3 is 5.97 Å². The van der Waals surface area contributed by atoms with Gasteiger partial charge in [0.05, 0.1) is 31.0 Å². The van der Waals surface area contributed by atoms with Gasteiger partial charge in [0.1, 0.15) is 0 Å². The van der Waals surface area contributed by atoms with Crippen LogP contribution in [0, 0.1) is 0 Å². The molecule has 0 aliphatic rings. The quantitative estimate of drug-likeness (QED) is 0.525. The molecule has 134 valence electrons. The van der Waals surface area contributed by atoms with Crippen molar-refractivity contribution in [2.75, 3.05) is 6.61 Å². The van der Waals surface area contributed by atoms with Crippen LogP contribution in [0.3, 0.4) is 0 Å². The molecule has 0 aliphatic carbocycles. The molecule has 0 unspecified atom stereocenters. The van der Waals surface area contributed by atoms with Crippen LogP contribution in [-0.4, -0.2) is 22.4 Å². The Morgan fingerprint density at radius 2 is 1.58 bits per heavy atom. The molecule has 3 rings (SSSR count). The molecule has 6 heteroatoms. The van der Waals surface area contributed by atoms with E-state index >= 15 is 0 Å². The summed E-state index contributed by atoms with van der Waals surface area (Å²) >= 11 is 12.0. The number of hydrogen-bond acceptors (Lipinski definition) is 3. The smallest absolute Gasteiger partial charge is 0.307 e. The van der Waals surface area contributed by atoms with Gasteiger partial charge in [0, 0.05) is 15.6 Å². The van der Waals surface area contributed by atoms with Gasteiger partial charge < -0.3 is 4.74 Å². The molecule has 0 saturated heterocycles. The van der Waals surface area contributed by atoms with Gasteiger partial charge in [-0.15, -0.1) is 0 Å². The Morgan fingerprint density at radius 1 is 1.00 bits per heavy atom. The number of benzene rings is 2. The SMILES string of the molecule is CCOC(=O)CCn1nc(-c2ccc(Cl)cc2)cc1-c1ccc(Cl)cc1. The number of aromatic nitrogens is 2. The first-order valence-electron chi connectivity index (χ1n) is 8.32. The van der Waals surface area contributed by atoms with Crippen molar-refractivity contribution < 1.29 is 9.53 Å². The van der Waals surface area contributed by atoms with E-state index in [-0.39, 0.29) is 12.4 Å². The monoisotopic (exact) mass is 388 g/mol. The van der Waals surface area contributed by atoms with Crippen molar-refractivity contribution in [2.24, 2.45) is 0 Å². The molecule has 0 aliphatic heterocycles. The average molecular weight is 389 g/mol. The zero-order chi connectivity index (χ0) is 18.5. The minimum absolute atomic E-state index is 0.238. The summed E-state index contributed by atoms with van der Waals surface area (Å²) in [6, 6.07) is 17.0. The summed E-state index contributed by atoms with van der Waals surface area (Å²) < 4.78 is 6.84. The van der Waals surface area contributed by atoms with Crippen molar-refractivity contribution in [3.63, 3.8) is 0 Å². The summed E-state index contributed by atoms with van der Waals surface area (Å²) in [5.41, 5.74) is 3.66. The number of aryl methyl sites for hydroxylation is 1. The Labute approximate surface area is 162 Å². The van der Waals surface area contributed by atoms with E-state index in [1.807, 2.05) is 59.3 Å². The Morgan fingerprint density at radius 3 is 2.15 bits per heavy atom. The second kappa shape index (κ2) is 8.39. The second-order valence-corrected chi connectivity index (χ2v) is 6.58. The maximum absolute atomic E-state index is 11.7. The highest BCUT2D eigenvalue weighted by atomic mass is 35.5. The molecule has 0 N–H and O–H groups in total. The van der Waals surface area contributed by atoms with Crippen LogP contribution in [0.1, 0.15) is 13.3 Å². The maximum Gasteiger partial charge on any atom is 0.307 e. The van der Waals surface area contributed by atoms with E-state index in [9.17, 15) is 4.79 Å². The maximum atomic E-state index is 11.7. The zero-order valence-electron chi connectivity index (χ0n) is 14.3. The molecule has 0 radical (unpaired) electrons. The van der Waals surface area contributed by atoms with Crippen LogP contribution in [0.4, 0.5) is 0 Å². The van der Waals surface area contributed by atoms with Gasteiger partial charge in [0.25, 0.3) is 0 Å². The number of rotatable bonds is 6. The molecule has 4 nitrogen and oxygen atoms in total. The zero-order valence-corrected chi connectivity index (χ0v) is 15.8. The van der Waals surface area contributed by atoms with Crippen molar-refractivity contribution in [3.05, 3.63) is 64.6 Å². The van der Waals surface area contributed by atoms with E-state index in [0.29, 0.717) is 23.2 Å². The van der Waals surface area contributed by atoms with Crippen LogP contribution >= 0.6 is 23.2 Å². The molecule has 0 fully saturated rings. The van der Waals surface area contributed by atoms with Gasteiger partial charge in [-0.1, -0.05) is 47.5 Å². The first-order valence-corrected chi connectivity index (χ1v) is 9.08. The van der Waals surface area contributed by atoms with Crippen LogP contribution in [0.25, 0.3) is 22.5 Å². The number of nitrogens with zero attached hydrogens (tertiary/aromatic N) is 2. The van der Waals surface area contributed by atoms with Crippen LogP contribution in [-0.2, 0) is 16.1 Å². The second-order valence-electron chi connectivity index (χ2n) is 5.71. The normalized spacial score (nSPS) is 10.7. The van der Waals surface area contributed by atoms with Gasteiger partial charge in [-0.3, -0.25) is 9.48 Å². The summed E-state index contributed by atoms with van der Waals surface area (Å²) in [5, 5.41) is 6.02. The average Bonchev–Trinajstić information content (AvgIpc) is 3.06. The third-order valence-electron chi connectivity index (χ3n) is 3.89. The number of carbonyl (C=O) groups is 1. The minimum atomic E-state index is -0.238. The molecule has 0 bridgehead atoms.